The molecule has 0 spiro atoms. The molecule has 1 aliphatic carbocycles. The smallest absolute Gasteiger partial charge is 0.191 e. The lowest BCUT2D eigenvalue weighted by Crippen LogP contribution is -1.93. The molecule has 0 saturated heterocycles. The van der Waals surface area contributed by atoms with E-state index in [2.05, 4.69) is 14.9 Å². The predicted molar refractivity (Wildman–Crippen MR) is 35.1 cm³/mol. The minimum atomic E-state index is 0.451. The van der Waals surface area contributed by atoms with Crippen molar-refractivity contribution in [1.82, 2.24) is 10.3 Å². The van der Waals surface area contributed by atoms with Crippen LogP contribution in [0.3, 0.4) is 0 Å². The summed E-state index contributed by atoms with van der Waals surface area (Å²) in [5.74, 6) is 1.24. The first-order valence-electron chi connectivity index (χ1n) is 3.43. The highest BCUT2D eigenvalue weighted by Crippen LogP contribution is 2.32. The van der Waals surface area contributed by atoms with Gasteiger partial charge in [0, 0.05) is 0 Å². The minimum absolute atomic E-state index is 0.451. The fourth-order valence-electron chi connectivity index (χ4n) is 0.950. The second-order valence-corrected chi connectivity index (χ2v) is 2.74. The van der Waals surface area contributed by atoms with Gasteiger partial charge in [-0.3, -0.25) is 0 Å². The summed E-state index contributed by atoms with van der Waals surface area (Å²) in [5, 5.41) is 7.17. The van der Waals surface area contributed by atoms with Crippen LogP contribution in [0.5, 0.6) is 0 Å². The van der Waals surface area contributed by atoms with E-state index in [0.717, 1.165) is 18.0 Å². The quantitative estimate of drug-likeness (QED) is 0.651. The number of nitrogens with zero attached hydrogens (tertiary/aromatic N) is 2. The van der Waals surface area contributed by atoms with Crippen LogP contribution >= 0.6 is 0 Å². The molecule has 0 atom stereocenters. The van der Waals surface area contributed by atoms with Crippen LogP contribution in [0.1, 0.15) is 18.5 Å². The normalized spacial score (nSPS) is 17.6. The van der Waals surface area contributed by atoms with Crippen molar-refractivity contribution in [3.63, 3.8) is 0 Å². The predicted octanol–water partition coefficient (Wildman–Crippen LogP) is 0.604. The van der Waals surface area contributed by atoms with E-state index in [1.165, 1.54) is 12.8 Å². The number of anilines is 1. The summed E-state index contributed by atoms with van der Waals surface area (Å²) in [6.07, 6.45) is 3.54. The van der Waals surface area contributed by atoms with E-state index in [1.807, 2.05) is 0 Å². The van der Waals surface area contributed by atoms with Gasteiger partial charge in [0.1, 0.15) is 5.69 Å². The third-order valence-electron chi connectivity index (χ3n) is 1.76. The van der Waals surface area contributed by atoms with Crippen molar-refractivity contribution in [3.05, 3.63) is 5.69 Å². The number of hydrogen-bond donors (Lipinski definition) is 1. The first-order valence-corrected chi connectivity index (χ1v) is 3.43. The molecule has 2 rings (SSSR count). The fourth-order valence-corrected chi connectivity index (χ4v) is 0.950. The van der Waals surface area contributed by atoms with Gasteiger partial charge in [-0.05, 0) is 30.3 Å². The number of rotatable bonds is 2. The highest BCUT2D eigenvalue weighted by atomic mass is 16.6. The maximum atomic E-state index is 5.45. The second-order valence-electron chi connectivity index (χ2n) is 2.74. The topological polar surface area (TPSA) is 64.9 Å². The molecule has 10 heavy (non-hydrogen) atoms. The average molecular weight is 139 g/mol. The van der Waals surface area contributed by atoms with Gasteiger partial charge in [-0.25, -0.2) is 4.63 Å². The monoisotopic (exact) mass is 139 g/mol. The molecular weight excluding hydrogens is 130 g/mol. The van der Waals surface area contributed by atoms with Crippen molar-refractivity contribution in [3.8, 4) is 0 Å². The van der Waals surface area contributed by atoms with Gasteiger partial charge in [0.15, 0.2) is 5.82 Å². The van der Waals surface area contributed by atoms with Crippen molar-refractivity contribution in [2.24, 2.45) is 5.92 Å². The molecule has 4 nitrogen and oxygen atoms in total. The van der Waals surface area contributed by atoms with Gasteiger partial charge in [-0.15, -0.1) is 0 Å². The van der Waals surface area contributed by atoms with Crippen LogP contribution < -0.4 is 5.73 Å². The van der Waals surface area contributed by atoms with E-state index in [9.17, 15) is 0 Å². The van der Waals surface area contributed by atoms with Crippen LogP contribution in [0, 0.1) is 5.92 Å². The molecule has 1 aliphatic rings. The molecule has 54 valence electrons. The van der Waals surface area contributed by atoms with Gasteiger partial charge < -0.3 is 5.73 Å². The lowest BCUT2D eigenvalue weighted by molar-refractivity contribution is 0.304. The van der Waals surface area contributed by atoms with E-state index in [-0.39, 0.29) is 0 Å². The highest BCUT2D eigenvalue weighted by molar-refractivity contribution is 5.31. The Labute approximate surface area is 58.4 Å². The molecule has 1 heterocycles. The molecule has 0 amide bonds. The summed E-state index contributed by atoms with van der Waals surface area (Å²) in [7, 11) is 0. The zero-order valence-corrected chi connectivity index (χ0v) is 5.58. The van der Waals surface area contributed by atoms with E-state index in [0.29, 0.717) is 5.82 Å². The Kier molecular flexibility index (Phi) is 1.12. The Morgan fingerprint density at radius 1 is 1.50 bits per heavy atom. The lowest BCUT2D eigenvalue weighted by Gasteiger charge is -1.88. The molecule has 1 aromatic rings. The zero-order valence-electron chi connectivity index (χ0n) is 5.58. The van der Waals surface area contributed by atoms with Crippen LogP contribution in [0.25, 0.3) is 0 Å². The molecule has 0 bridgehead atoms. The van der Waals surface area contributed by atoms with Gasteiger partial charge in [0.2, 0.25) is 0 Å². The third kappa shape index (κ3) is 0.964. The van der Waals surface area contributed by atoms with E-state index < -0.39 is 0 Å². The highest BCUT2D eigenvalue weighted by Gasteiger charge is 2.24. The summed E-state index contributed by atoms with van der Waals surface area (Å²) in [6, 6.07) is 0. The van der Waals surface area contributed by atoms with Crippen molar-refractivity contribution in [1.29, 1.82) is 0 Å². The van der Waals surface area contributed by atoms with Crippen molar-refractivity contribution in [2.45, 2.75) is 19.3 Å². The fraction of sp³-hybridized carbons (Fsp3) is 0.667. The summed E-state index contributed by atoms with van der Waals surface area (Å²) >= 11 is 0. The maximum absolute atomic E-state index is 5.45. The largest absolute Gasteiger partial charge is 0.379 e. The molecular formula is C6H9N3O. The van der Waals surface area contributed by atoms with E-state index >= 15 is 0 Å². The number of hydrogen-bond acceptors (Lipinski definition) is 4. The van der Waals surface area contributed by atoms with Crippen molar-refractivity contribution < 1.29 is 4.63 Å². The van der Waals surface area contributed by atoms with Gasteiger partial charge in [0.05, 0.1) is 0 Å². The molecule has 0 aromatic carbocycles. The van der Waals surface area contributed by atoms with E-state index in [1.54, 1.807) is 0 Å². The molecule has 0 radical (unpaired) electrons. The average Bonchev–Trinajstić information content (AvgIpc) is 2.62. The maximum Gasteiger partial charge on any atom is 0.191 e. The Balaban J connectivity index is 2.08. The molecule has 1 saturated carbocycles. The van der Waals surface area contributed by atoms with Crippen LogP contribution in [-0.4, -0.2) is 10.3 Å². The Morgan fingerprint density at radius 3 is 2.80 bits per heavy atom. The van der Waals surface area contributed by atoms with Gasteiger partial charge in [0.25, 0.3) is 0 Å². The van der Waals surface area contributed by atoms with Crippen LogP contribution in [0.2, 0.25) is 0 Å². The van der Waals surface area contributed by atoms with Gasteiger partial charge in [-0.1, -0.05) is 5.16 Å². The lowest BCUT2D eigenvalue weighted by atomic mass is 10.2. The SMILES string of the molecule is Nc1nonc1CC1CC1. The van der Waals surface area contributed by atoms with Crippen molar-refractivity contribution >= 4 is 5.82 Å². The Hall–Kier alpha value is -1.06. The summed E-state index contributed by atoms with van der Waals surface area (Å²) in [4.78, 5) is 0. The van der Waals surface area contributed by atoms with Crippen LogP contribution in [0.15, 0.2) is 4.63 Å². The first-order chi connectivity index (χ1) is 4.86. The van der Waals surface area contributed by atoms with Gasteiger partial charge in [-0.2, -0.15) is 0 Å². The molecule has 0 aliphatic heterocycles. The van der Waals surface area contributed by atoms with Crippen LogP contribution in [-0.2, 0) is 6.42 Å². The number of nitrogens with two attached hydrogens (primary N) is 1. The molecule has 0 unspecified atom stereocenters. The van der Waals surface area contributed by atoms with Crippen LogP contribution in [0.4, 0.5) is 5.82 Å². The summed E-state index contributed by atoms with van der Waals surface area (Å²) in [5.41, 5.74) is 6.27. The van der Waals surface area contributed by atoms with E-state index in [4.69, 9.17) is 5.73 Å². The summed E-state index contributed by atoms with van der Waals surface area (Å²) in [6.45, 7) is 0. The standard InChI is InChI=1S/C6H9N3O/c7-6-5(8-10-9-6)3-4-1-2-4/h4H,1-3H2,(H2,7,9). The Morgan fingerprint density at radius 2 is 2.30 bits per heavy atom. The number of aromatic nitrogens is 2. The summed E-state index contributed by atoms with van der Waals surface area (Å²) < 4.78 is 4.45. The Bertz CT molecular complexity index is 229. The minimum Gasteiger partial charge on any atom is -0.379 e. The number of nitrogen functional groups attached to an aromatic ring is 1. The molecule has 2 N–H and O–H groups in total. The first kappa shape index (κ1) is 5.70. The second kappa shape index (κ2) is 1.97. The third-order valence-corrected chi connectivity index (χ3v) is 1.76. The molecule has 1 fully saturated rings. The van der Waals surface area contributed by atoms with Crippen molar-refractivity contribution in [2.75, 3.05) is 5.73 Å². The van der Waals surface area contributed by atoms with Gasteiger partial charge >= 0.3 is 0 Å². The molecule has 4 heteroatoms. The zero-order chi connectivity index (χ0) is 6.97. The molecule has 1 aromatic heterocycles.